The van der Waals surface area contributed by atoms with Crippen LogP contribution in [0.15, 0.2) is 78.9 Å². The van der Waals surface area contributed by atoms with Gasteiger partial charge >= 0.3 is 5.97 Å². The first-order valence-electron chi connectivity index (χ1n) is 10.1. The lowest BCUT2D eigenvalue weighted by Crippen LogP contribution is -2.41. The number of amides is 1. The third-order valence-electron chi connectivity index (χ3n) is 5.50. The molecule has 5 nitrogen and oxygen atoms in total. The molecule has 1 amide bonds. The quantitative estimate of drug-likeness (QED) is 0.566. The maximum atomic E-state index is 13.4. The number of nitrogens with zero attached hydrogens (tertiary/aromatic N) is 1. The van der Waals surface area contributed by atoms with Gasteiger partial charge in [-0.3, -0.25) is 4.79 Å². The smallest absolute Gasteiger partial charge is 0.326 e. The number of benzene rings is 3. The number of ether oxygens (including phenoxy) is 1. The van der Waals surface area contributed by atoms with Crippen molar-refractivity contribution in [1.82, 2.24) is 4.90 Å². The maximum Gasteiger partial charge on any atom is 0.326 e. The van der Waals surface area contributed by atoms with Crippen molar-refractivity contribution in [2.24, 2.45) is 0 Å². The van der Waals surface area contributed by atoms with Crippen LogP contribution in [0.1, 0.15) is 40.4 Å². The number of carbonyl (C=O) groups excluding carboxylic acids is 1. The van der Waals surface area contributed by atoms with Gasteiger partial charge in [-0.05, 0) is 48.2 Å². The van der Waals surface area contributed by atoms with Gasteiger partial charge in [-0.2, -0.15) is 0 Å². The second kappa shape index (κ2) is 9.23. The zero-order valence-corrected chi connectivity index (χ0v) is 17.5. The summed E-state index contributed by atoms with van der Waals surface area (Å²) < 4.78 is 5.84. The van der Waals surface area contributed by atoms with E-state index in [1.54, 1.807) is 30.3 Å². The van der Waals surface area contributed by atoms with Gasteiger partial charge in [0.1, 0.15) is 18.4 Å². The van der Waals surface area contributed by atoms with Crippen molar-refractivity contribution in [3.63, 3.8) is 0 Å². The van der Waals surface area contributed by atoms with Crippen LogP contribution in [0.2, 0.25) is 5.02 Å². The first-order valence-corrected chi connectivity index (χ1v) is 10.5. The highest BCUT2D eigenvalue weighted by Crippen LogP contribution is 2.40. The SMILES string of the molecule is O=C(O)C1CCC(c2ccccc2Cl)N1C(=O)c1cccc(OCc2ccccc2)c1. The predicted molar refractivity (Wildman–Crippen MR) is 118 cm³/mol. The zero-order chi connectivity index (χ0) is 21.8. The summed E-state index contributed by atoms with van der Waals surface area (Å²) in [5, 5.41) is 10.3. The molecule has 2 atom stereocenters. The predicted octanol–water partition coefficient (Wildman–Crippen LogP) is 5.35. The molecule has 1 N–H and O–H groups in total. The minimum Gasteiger partial charge on any atom is -0.489 e. The Hall–Kier alpha value is -3.31. The fourth-order valence-corrected chi connectivity index (χ4v) is 4.26. The first kappa shape index (κ1) is 20.9. The number of hydrogen-bond acceptors (Lipinski definition) is 3. The van der Waals surface area contributed by atoms with Crippen LogP contribution in [0.3, 0.4) is 0 Å². The minimum atomic E-state index is -1.01. The summed E-state index contributed by atoms with van der Waals surface area (Å²) in [6.07, 6.45) is 0.914. The van der Waals surface area contributed by atoms with Gasteiger partial charge < -0.3 is 14.7 Å². The van der Waals surface area contributed by atoms with E-state index in [1.807, 2.05) is 48.5 Å². The van der Waals surface area contributed by atoms with Gasteiger partial charge in [0.25, 0.3) is 5.91 Å². The van der Waals surface area contributed by atoms with Gasteiger partial charge in [-0.25, -0.2) is 4.79 Å². The Morgan fingerprint density at radius 2 is 1.71 bits per heavy atom. The second-order valence-corrected chi connectivity index (χ2v) is 7.89. The van der Waals surface area contributed by atoms with E-state index in [2.05, 4.69) is 0 Å². The lowest BCUT2D eigenvalue weighted by atomic mass is 10.0. The third kappa shape index (κ3) is 4.57. The molecule has 1 saturated heterocycles. The fraction of sp³-hybridized carbons (Fsp3) is 0.200. The minimum absolute atomic E-state index is 0.347. The molecule has 3 aromatic rings. The number of rotatable bonds is 6. The van der Waals surface area contributed by atoms with Crippen LogP contribution in [0.4, 0.5) is 0 Å². The van der Waals surface area contributed by atoms with Gasteiger partial charge in [-0.15, -0.1) is 0 Å². The summed E-state index contributed by atoms with van der Waals surface area (Å²) in [5.74, 6) is -0.811. The normalized spacial score (nSPS) is 18.0. The molecule has 158 valence electrons. The van der Waals surface area contributed by atoms with E-state index in [9.17, 15) is 14.7 Å². The lowest BCUT2D eigenvalue weighted by Gasteiger charge is -2.29. The molecule has 31 heavy (non-hydrogen) atoms. The number of aliphatic carboxylic acids is 1. The summed E-state index contributed by atoms with van der Waals surface area (Å²) in [6.45, 7) is 0.377. The number of likely N-dealkylation sites (tertiary alicyclic amines) is 1. The summed E-state index contributed by atoms with van der Waals surface area (Å²) in [5.41, 5.74) is 2.16. The number of carboxylic acids is 1. The molecule has 1 fully saturated rings. The Balaban J connectivity index is 1.60. The molecular weight excluding hydrogens is 414 g/mol. The summed E-state index contributed by atoms with van der Waals surface area (Å²) >= 11 is 6.37. The van der Waals surface area contributed by atoms with Crippen molar-refractivity contribution in [2.75, 3.05) is 0 Å². The highest BCUT2D eigenvalue weighted by Gasteiger charge is 2.42. The van der Waals surface area contributed by atoms with Gasteiger partial charge in [0, 0.05) is 10.6 Å². The summed E-state index contributed by atoms with van der Waals surface area (Å²) in [6, 6.07) is 22.6. The average Bonchev–Trinajstić information content (AvgIpc) is 3.23. The van der Waals surface area contributed by atoms with E-state index in [1.165, 1.54) is 4.90 Å². The van der Waals surface area contributed by atoms with E-state index in [4.69, 9.17) is 16.3 Å². The van der Waals surface area contributed by atoms with Crippen LogP contribution in [0.25, 0.3) is 0 Å². The Labute approximate surface area is 185 Å². The van der Waals surface area contributed by atoms with Crippen molar-refractivity contribution < 1.29 is 19.4 Å². The maximum absolute atomic E-state index is 13.4. The van der Waals surface area contributed by atoms with Crippen molar-refractivity contribution in [2.45, 2.75) is 31.5 Å². The molecule has 1 aliphatic heterocycles. The Kier molecular flexibility index (Phi) is 6.23. The largest absolute Gasteiger partial charge is 0.489 e. The molecule has 0 aromatic heterocycles. The standard InChI is InChI=1S/C25H22ClNO4/c26-21-12-5-4-11-20(21)22-13-14-23(25(29)30)27(22)24(28)18-9-6-10-19(15-18)31-16-17-7-2-1-3-8-17/h1-12,15,22-23H,13-14,16H2,(H,29,30). The summed E-state index contributed by atoms with van der Waals surface area (Å²) in [4.78, 5) is 26.8. The first-order chi connectivity index (χ1) is 15.0. The highest BCUT2D eigenvalue weighted by atomic mass is 35.5. The molecule has 0 aliphatic carbocycles. The molecule has 6 heteroatoms. The third-order valence-corrected chi connectivity index (χ3v) is 5.84. The molecule has 2 unspecified atom stereocenters. The monoisotopic (exact) mass is 435 g/mol. The number of hydrogen-bond donors (Lipinski definition) is 1. The van der Waals surface area contributed by atoms with Gasteiger partial charge in [0.15, 0.2) is 0 Å². The molecular formula is C25H22ClNO4. The molecule has 4 rings (SSSR count). The lowest BCUT2D eigenvalue weighted by molar-refractivity contribution is -0.141. The van der Waals surface area contributed by atoms with Gasteiger partial charge in [0.2, 0.25) is 0 Å². The number of carbonyl (C=O) groups is 2. The van der Waals surface area contributed by atoms with Crippen molar-refractivity contribution >= 4 is 23.5 Å². The molecule has 3 aromatic carbocycles. The van der Waals surface area contributed by atoms with Crippen LogP contribution in [0, 0.1) is 0 Å². The van der Waals surface area contributed by atoms with Crippen molar-refractivity contribution in [3.05, 3.63) is 101 Å². The van der Waals surface area contributed by atoms with E-state index < -0.39 is 18.1 Å². The topological polar surface area (TPSA) is 66.8 Å². The fourth-order valence-electron chi connectivity index (χ4n) is 4.00. The van der Waals surface area contributed by atoms with E-state index >= 15 is 0 Å². The van der Waals surface area contributed by atoms with Crippen LogP contribution in [0.5, 0.6) is 5.75 Å². The molecule has 1 aliphatic rings. The number of carboxylic acid groups (broad SMARTS) is 1. The Morgan fingerprint density at radius 1 is 0.968 bits per heavy atom. The molecule has 1 heterocycles. The van der Waals surface area contributed by atoms with Gasteiger partial charge in [-0.1, -0.05) is 66.2 Å². The molecule has 0 bridgehead atoms. The van der Waals surface area contributed by atoms with Crippen molar-refractivity contribution in [1.29, 1.82) is 0 Å². The molecule has 0 radical (unpaired) electrons. The summed E-state index contributed by atoms with van der Waals surface area (Å²) in [7, 11) is 0. The van der Waals surface area contributed by atoms with Crippen LogP contribution in [-0.4, -0.2) is 27.9 Å². The second-order valence-electron chi connectivity index (χ2n) is 7.48. The Bertz CT molecular complexity index is 1090. The van der Waals surface area contributed by atoms with E-state index in [0.717, 1.165) is 11.1 Å². The molecule has 0 spiro atoms. The van der Waals surface area contributed by atoms with Crippen LogP contribution < -0.4 is 4.74 Å². The van der Waals surface area contributed by atoms with Gasteiger partial charge in [0.05, 0.1) is 6.04 Å². The van der Waals surface area contributed by atoms with Crippen LogP contribution in [-0.2, 0) is 11.4 Å². The number of halogens is 1. The van der Waals surface area contributed by atoms with E-state index in [-0.39, 0.29) is 5.91 Å². The van der Waals surface area contributed by atoms with Crippen molar-refractivity contribution in [3.8, 4) is 5.75 Å². The van der Waals surface area contributed by atoms with E-state index in [0.29, 0.717) is 35.8 Å². The highest BCUT2D eigenvalue weighted by molar-refractivity contribution is 6.31. The Morgan fingerprint density at radius 3 is 2.45 bits per heavy atom. The average molecular weight is 436 g/mol. The zero-order valence-electron chi connectivity index (χ0n) is 16.8. The molecule has 0 saturated carbocycles. The van der Waals surface area contributed by atoms with Crippen LogP contribution >= 0.6 is 11.6 Å².